The van der Waals surface area contributed by atoms with Gasteiger partial charge in [-0.25, -0.2) is 4.57 Å². The molecule has 2 atom stereocenters. The van der Waals surface area contributed by atoms with Gasteiger partial charge in [-0.2, -0.15) is 0 Å². The first-order chi connectivity index (χ1) is 25.8. The van der Waals surface area contributed by atoms with Crippen molar-refractivity contribution in [3.8, 4) is 0 Å². The van der Waals surface area contributed by atoms with Gasteiger partial charge in [0.1, 0.15) is 6.61 Å². The number of hydrogen-bond donors (Lipinski definition) is 2. The fourth-order valence-electron chi connectivity index (χ4n) is 4.83. The molecule has 0 heterocycles. The van der Waals surface area contributed by atoms with Gasteiger partial charge in [0.2, 0.25) is 0 Å². The second-order valence-electron chi connectivity index (χ2n) is 12.8. The average Bonchev–Trinajstić information content (AvgIpc) is 3.14. The molecule has 0 rings (SSSR count). The number of carbonyl (C=O) groups is 2. The van der Waals surface area contributed by atoms with Crippen LogP contribution in [0.4, 0.5) is 0 Å². The predicted octanol–water partition coefficient (Wildman–Crippen LogP) is 11.3. The van der Waals surface area contributed by atoms with Crippen molar-refractivity contribution < 1.29 is 37.6 Å². The standard InChI is InChI=1S/C43H72NO8P/c1-3-5-7-9-11-13-15-17-18-19-20-21-22-24-25-27-29-31-33-35-42(45)49-39-41(40-51-53(47,48)50-38-37-44)52-43(46)36-34-32-30-28-26-23-16-14-12-10-8-6-4-2/h5,7,11,13-14,16-18,20-21,24-25,29,31,41H,3-4,6,8-10,12,15,19,22-23,26-28,30,32-40,44H2,1-2H3,(H,47,48)/b7-5-,13-11-,16-14-,18-17-,21-20-,25-24-,31-29-/t41-/m1/s1. The second kappa shape index (κ2) is 38.9. The topological polar surface area (TPSA) is 134 Å². The van der Waals surface area contributed by atoms with Gasteiger partial charge < -0.3 is 20.1 Å². The van der Waals surface area contributed by atoms with E-state index in [1.807, 2.05) is 12.2 Å². The number of rotatable bonds is 36. The second-order valence-corrected chi connectivity index (χ2v) is 14.2. The van der Waals surface area contributed by atoms with E-state index in [-0.39, 0.29) is 32.6 Å². The van der Waals surface area contributed by atoms with E-state index in [0.29, 0.717) is 12.8 Å². The minimum absolute atomic E-state index is 0.0382. The number of carbonyl (C=O) groups excluding carboxylic acids is 2. The first-order valence-electron chi connectivity index (χ1n) is 20.1. The summed E-state index contributed by atoms with van der Waals surface area (Å²) < 4.78 is 32.6. The number of phosphoric ester groups is 1. The summed E-state index contributed by atoms with van der Waals surface area (Å²) in [7, 11) is -4.40. The molecule has 0 saturated heterocycles. The van der Waals surface area contributed by atoms with Crippen molar-refractivity contribution in [2.75, 3.05) is 26.4 Å². The molecule has 10 heteroatoms. The van der Waals surface area contributed by atoms with Gasteiger partial charge in [0.05, 0.1) is 13.2 Å². The fraction of sp³-hybridized carbons (Fsp3) is 0.628. The van der Waals surface area contributed by atoms with Crippen LogP contribution in [0.3, 0.4) is 0 Å². The van der Waals surface area contributed by atoms with Gasteiger partial charge in [0, 0.05) is 19.4 Å². The summed E-state index contributed by atoms with van der Waals surface area (Å²) in [5.41, 5.74) is 5.33. The van der Waals surface area contributed by atoms with Crippen molar-refractivity contribution in [3.05, 3.63) is 85.1 Å². The Morgan fingerprint density at radius 3 is 1.62 bits per heavy atom. The van der Waals surface area contributed by atoms with E-state index in [0.717, 1.165) is 77.0 Å². The number of ether oxygens (including phenoxy) is 2. The Morgan fingerprint density at radius 2 is 1.08 bits per heavy atom. The fourth-order valence-corrected chi connectivity index (χ4v) is 5.59. The van der Waals surface area contributed by atoms with Crippen LogP contribution >= 0.6 is 7.82 Å². The molecule has 0 aliphatic heterocycles. The molecule has 0 bridgehead atoms. The van der Waals surface area contributed by atoms with Crippen LogP contribution in [-0.2, 0) is 32.7 Å². The SMILES string of the molecule is CC/C=C\C/C=C\C/C=C\C/C=C\C/C=C\C/C=C\CCC(=O)OC[C@H](COP(=O)(O)OCCN)OC(=O)CCCCCCC/C=C\CCCCCC. The Hall–Kier alpha value is -2.81. The Morgan fingerprint density at radius 1 is 0.585 bits per heavy atom. The zero-order valence-corrected chi connectivity index (χ0v) is 33.9. The summed E-state index contributed by atoms with van der Waals surface area (Å²) in [5, 5.41) is 0. The van der Waals surface area contributed by atoms with Crippen molar-refractivity contribution in [1.29, 1.82) is 0 Å². The number of unbranched alkanes of at least 4 members (excludes halogenated alkanes) is 9. The van der Waals surface area contributed by atoms with Gasteiger partial charge in [-0.15, -0.1) is 0 Å². The van der Waals surface area contributed by atoms with E-state index >= 15 is 0 Å². The van der Waals surface area contributed by atoms with Gasteiger partial charge >= 0.3 is 19.8 Å². The van der Waals surface area contributed by atoms with Crippen molar-refractivity contribution in [2.24, 2.45) is 5.73 Å². The third-order valence-corrected chi connectivity index (χ3v) is 8.76. The van der Waals surface area contributed by atoms with Crippen molar-refractivity contribution in [1.82, 2.24) is 0 Å². The van der Waals surface area contributed by atoms with E-state index in [9.17, 15) is 19.0 Å². The third-order valence-electron chi connectivity index (χ3n) is 7.78. The largest absolute Gasteiger partial charge is 0.472 e. The van der Waals surface area contributed by atoms with Crippen LogP contribution in [0, 0.1) is 0 Å². The minimum Gasteiger partial charge on any atom is -0.462 e. The summed E-state index contributed by atoms with van der Waals surface area (Å²) >= 11 is 0. The number of allylic oxidation sites excluding steroid dienone is 14. The number of esters is 2. The van der Waals surface area contributed by atoms with Crippen LogP contribution in [-0.4, -0.2) is 49.3 Å². The highest BCUT2D eigenvalue weighted by molar-refractivity contribution is 7.47. The molecule has 0 saturated carbocycles. The molecule has 53 heavy (non-hydrogen) atoms. The zero-order chi connectivity index (χ0) is 38.9. The summed E-state index contributed by atoms with van der Waals surface area (Å²) in [6, 6.07) is 0. The van der Waals surface area contributed by atoms with Crippen LogP contribution in [0.5, 0.6) is 0 Å². The predicted molar refractivity (Wildman–Crippen MR) is 219 cm³/mol. The maximum atomic E-state index is 12.5. The Labute approximate surface area is 322 Å². The van der Waals surface area contributed by atoms with E-state index in [4.69, 9.17) is 24.3 Å². The lowest BCUT2D eigenvalue weighted by Crippen LogP contribution is -2.29. The molecule has 9 nitrogen and oxygen atoms in total. The van der Waals surface area contributed by atoms with E-state index < -0.39 is 32.5 Å². The molecule has 0 radical (unpaired) electrons. The molecule has 0 fully saturated rings. The van der Waals surface area contributed by atoms with Crippen LogP contribution in [0.15, 0.2) is 85.1 Å². The summed E-state index contributed by atoms with van der Waals surface area (Å²) in [4.78, 5) is 34.7. The van der Waals surface area contributed by atoms with E-state index in [2.05, 4.69) is 86.8 Å². The number of hydrogen-bond acceptors (Lipinski definition) is 8. The first kappa shape index (κ1) is 50.2. The lowest BCUT2D eigenvalue weighted by molar-refractivity contribution is -0.161. The van der Waals surface area contributed by atoms with Crippen LogP contribution in [0.1, 0.15) is 142 Å². The van der Waals surface area contributed by atoms with Gasteiger partial charge in [-0.1, -0.05) is 137 Å². The highest BCUT2D eigenvalue weighted by atomic mass is 31.2. The highest BCUT2D eigenvalue weighted by Gasteiger charge is 2.25. The van der Waals surface area contributed by atoms with Crippen LogP contribution in [0.2, 0.25) is 0 Å². The molecule has 1 unspecified atom stereocenters. The Kier molecular flexibility index (Phi) is 36.8. The summed E-state index contributed by atoms with van der Waals surface area (Å²) in [6.07, 6.45) is 47.7. The molecular formula is C43H72NO8P. The maximum Gasteiger partial charge on any atom is 0.472 e. The molecule has 0 amide bonds. The lowest BCUT2D eigenvalue weighted by atomic mass is 10.1. The molecule has 0 aromatic carbocycles. The monoisotopic (exact) mass is 761 g/mol. The van der Waals surface area contributed by atoms with E-state index in [1.54, 1.807) is 0 Å². The summed E-state index contributed by atoms with van der Waals surface area (Å²) in [5.74, 6) is -0.947. The van der Waals surface area contributed by atoms with Crippen molar-refractivity contribution in [3.63, 3.8) is 0 Å². The highest BCUT2D eigenvalue weighted by Crippen LogP contribution is 2.43. The Balaban J connectivity index is 4.35. The van der Waals surface area contributed by atoms with Gasteiger partial charge in [0.25, 0.3) is 0 Å². The molecule has 302 valence electrons. The summed E-state index contributed by atoms with van der Waals surface area (Å²) in [6.45, 7) is 3.47. The zero-order valence-electron chi connectivity index (χ0n) is 33.0. The third kappa shape index (κ3) is 38.7. The van der Waals surface area contributed by atoms with Crippen LogP contribution in [0.25, 0.3) is 0 Å². The average molecular weight is 762 g/mol. The van der Waals surface area contributed by atoms with Gasteiger partial charge in [-0.3, -0.25) is 18.6 Å². The molecule has 0 aliphatic rings. The minimum atomic E-state index is -4.40. The number of nitrogens with two attached hydrogens (primary N) is 1. The van der Waals surface area contributed by atoms with Gasteiger partial charge in [0.15, 0.2) is 6.10 Å². The molecular weight excluding hydrogens is 689 g/mol. The van der Waals surface area contributed by atoms with Crippen molar-refractivity contribution >= 4 is 19.8 Å². The normalized spacial score (nSPS) is 14.3. The van der Waals surface area contributed by atoms with Crippen molar-refractivity contribution in [2.45, 2.75) is 148 Å². The molecule has 3 N–H and O–H groups in total. The smallest absolute Gasteiger partial charge is 0.462 e. The molecule has 0 aromatic heterocycles. The quantitative estimate of drug-likeness (QED) is 0.0277. The lowest BCUT2D eigenvalue weighted by Gasteiger charge is -2.19. The van der Waals surface area contributed by atoms with E-state index in [1.165, 1.54) is 25.7 Å². The maximum absolute atomic E-state index is 12.5. The molecule has 0 spiro atoms. The number of phosphoric acid groups is 1. The molecule has 0 aliphatic carbocycles. The van der Waals surface area contributed by atoms with Gasteiger partial charge in [-0.05, 0) is 77.0 Å². The van der Waals surface area contributed by atoms with Crippen LogP contribution < -0.4 is 5.73 Å². The molecule has 0 aromatic rings. The Bertz CT molecular complexity index is 1140. The first-order valence-corrected chi connectivity index (χ1v) is 21.6.